The van der Waals surface area contributed by atoms with E-state index in [1.807, 2.05) is 19.1 Å². The number of para-hydroxylation sites is 1. The standard InChI is InChI=1S/C18H17F3N2O2/c1-3-12-6-4-5-7-14(12)22-16(25)10-23(11(2)24)15-9-8-13(19)17(20)18(15)21/h4-9H,3,10H2,1-2H3,(H,22,25). The fourth-order valence-corrected chi connectivity index (χ4v) is 2.37. The normalized spacial score (nSPS) is 10.4. The van der Waals surface area contributed by atoms with E-state index >= 15 is 0 Å². The predicted molar refractivity (Wildman–Crippen MR) is 88.8 cm³/mol. The topological polar surface area (TPSA) is 49.4 Å². The Hall–Kier alpha value is -2.83. The number of hydrogen-bond acceptors (Lipinski definition) is 2. The number of carbonyl (C=O) groups excluding carboxylic acids is 2. The highest BCUT2D eigenvalue weighted by atomic mass is 19.2. The number of amides is 2. The van der Waals surface area contributed by atoms with Crippen LogP contribution in [0.5, 0.6) is 0 Å². The lowest BCUT2D eigenvalue weighted by Gasteiger charge is -2.22. The van der Waals surface area contributed by atoms with Crippen LogP contribution in [0, 0.1) is 17.5 Å². The van der Waals surface area contributed by atoms with Gasteiger partial charge in [-0.3, -0.25) is 9.59 Å². The zero-order chi connectivity index (χ0) is 18.6. The quantitative estimate of drug-likeness (QED) is 0.837. The van der Waals surface area contributed by atoms with Gasteiger partial charge in [-0.1, -0.05) is 25.1 Å². The Labute approximate surface area is 143 Å². The maximum atomic E-state index is 13.9. The molecule has 0 spiro atoms. The average molecular weight is 350 g/mol. The van der Waals surface area contributed by atoms with Crippen LogP contribution < -0.4 is 10.2 Å². The van der Waals surface area contributed by atoms with Crippen molar-refractivity contribution in [2.75, 3.05) is 16.8 Å². The van der Waals surface area contributed by atoms with Crippen LogP contribution in [0.15, 0.2) is 36.4 Å². The van der Waals surface area contributed by atoms with E-state index in [1.165, 1.54) is 0 Å². The molecule has 2 rings (SSSR count). The van der Waals surface area contributed by atoms with E-state index in [0.29, 0.717) is 18.2 Å². The Bertz CT molecular complexity index is 809. The third-order valence-corrected chi connectivity index (χ3v) is 3.66. The number of nitrogens with one attached hydrogen (secondary N) is 1. The molecule has 132 valence electrons. The molecular formula is C18H17F3N2O2. The van der Waals surface area contributed by atoms with Crippen molar-refractivity contribution >= 4 is 23.2 Å². The molecule has 0 atom stereocenters. The molecule has 7 heteroatoms. The molecule has 0 aliphatic heterocycles. The van der Waals surface area contributed by atoms with Crippen LogP contribution in [0.25, 0.3) is 0 Å². The van der Waals surface area contributed by atoms with Gasteiger partial charge in [0.1, 0.15) is 6.54 Å². The Kier molecular flexibility index (Phi) is 5.80. The monoisotopic (exact) mass is 350 g/mol. The van der Waals surface area contributed by atoms with Crippen molar-refractivity contribution in [3.05, 3.63) is 59.4 Å². The molecule has 25 heavy (non-hydrogen) atoms. The van der Waals surface area contributed by atoms with Crippen molar-refractivity contribution < 1.29 is 22.8 Å². The number of aryl methyl sites for hydroxylation is 1. The molecular weight excluding hydrogens is 333 g/mol. The van der Waals surface area contributed by atoms with Gasteiger partial charge in [0, 0.05) is 12.6 Å². The Morgan fingerprint density at radius 3 is 2.36 bits per heavy atom. The van der Waals surface area contributed by atoms with Gasteiger partial charge in [-0.2, -0.15) is 0 Å². The Morgan fingerprint density at radius 1 is 1.04 bits per heavy atom. The summed E-state index contributed by atoms with van der Waals surface area (Å²) in [7, 11) is 0. The molecule has 2 aromatic rings. The smallest absolute Gasteiger partial charge is 0.244 e. The second-order valence-electron chi connectivity index (χ2n) is 5.36. The van der Waals surface area contributed by atoms with Crippen molar-refractivity contribution in [2.24, 2.45) is 0 Å². The summed E-state index contributed by atoms with van der Waals surface area (Å²) in [6, 6.07) is 8.73. The van der Waals surface area contributed by atoms with E-state index in [4.69, 9.17) is 0 Å². The van der Waals surface area contributed by atoms with Crippen molar-refractivity contribution in [3.8, 4) is 0 Å². The molecule has 2 aromatic carbocycles. The first kappa shape index (κ1) is 18.5. The van der Waals surface area contributed by atoms with Crippen molar-refractivity contribution in [3.63, 3.8) is 0 Å². The minimum absolute atomic E-state index is 0.495. The van der Waals surface area contributed by atoms with Gasteiger partial charge in [-0.25, -0.2) is 13.2 Å². The Balaban J connectivity index is 2.24. The molecule has 0 fully saturated rings. The summed E-state index contributed by atoms with van der Waals surface area (Å²) in [6.45, 7) is 2.49. The van der Waals surface area contributed by atoms with Crippen LogP contribution in [-0.4, -0.2) is 18.4 Å². The number of carbonyl (C=O) groups is 2. The van der Waals surface area contributed by atoms with Gasteiger partial charge in [0.05, 0.1) is 5.69 Å². The second-order valence-corrected chi connectivity index (χ2v) is 5.36. The predicted octanol–water partition coefficient (Wildman–Crippen LogP) is 3.66. The Morgan fingerprint density at radius 2 is 1.72 bits per heavy atom. The minimum atomic E-state index is -1.69. The van der Waals surface area contributed by atoms with E-state index in [9.17, 15) is 22.8 Å². The lowest BCUT2D eigenvalue weighted by Crippen LogP contribution is -2.37. The highest BCUT2D eigenvalue weighted by molar-refractivity contribution is 6.02. The maximum absolute atomic E-state index is 13.9. The van der Waals surface area contributed by atoms with Gasteiger partial charge < -0.3 is 10.2 Å². The number of benzene rings is 2. The van der Waals surface area contributed by atoms with E-state index in [1.54, 1.807) is 12.1 Å². The molecule has 0 heterocycles. The lowest BCUT2D eigenvalue weighted by molar-refractivity contribution is -0.120. The van der Waals surface area contributed by atoms with Gasteiger partial charge in [0.2, 0.25) is 11.8 Å². The first-order valence-electron chi connectivity index (χ1n) is 7.64. The van der Waals surface area contributed by atoms with Crippen LogP contribution in [-0.2, 0) is 16.0 Å². The van der Waals surface area contributed by atoms with Crippen molar-refractivity contribution in [2.45, 2.75) is 20.3 Å². The summed E-state index contributed by atoms with van der Waals surface area (Å²) < 4.78 is 40.4. The zero-order valence-corrected chi connectivity index (χ0v) is 13.8. The highest BCUT2D eigenvalue weighted by Gasteiger charge is 2.23. The molecule has 0 unspecified atom stereocenters. The molecule has 0 saturated heterocycles. The largest absolute Gasteiger partial charge is 0.324 e. The second kappa shape index (κ2) is 7.83. The van der Waals surface area contributed by atoms with Crippen LogP contribution in [0.1, 0.15) is 19.4 Å². The number of anilines is 2. The molecule has 0 bridgehead atoms. The third-order valence-electron chi connectivity index (χ3n) is 3.66. The van der Waals surface area contributed by atoms with E-state index in [-0.39, 0.29) is 0 Å². The number of hydrogen-bond donors (Lipinski definition) is 1. The van der Waals surface area contributed by atoms with Crippen LogP contribution >= 0.6 is 0 Å². The summed E-state index contributed by atoms with van der Waals surface area (Å²) in [6.07, 6.45) is 0.685. The van der Waals surface area contributed by atoms with Crippen LogP contribution in [0.3, 0.4) is 0 Å². The van der Waals surface area contributed by atoms with Gasteiger partial charge in [-0.05, 0) is 30.2 Å². The fraction of sp³-hybridized carbons (Fsp3) is 0.222. The zero-order valence-electron chi connectivity index (χ0n) is 13.8. The van der Waals surface area contributed by atoms with Gasteiger partial charge >= 0.3 is 0 Å². The van der Waals surface area contributed by atoms with E-state index in [0.717, 1.165) is 23.5 Å². The summed E-state index contributed by atoms with van der Waals surface area (Å²) in [5.41, 5.74) is 0.971. The molecule has 0 saturated carbocycles. The molecule has 2 amide bonds. The molecule has 0 aliphatic rings. The first-order valence-corrected chi connectivity index (χ1v) is 7.64. The van der Waals surface area contributed by atoms with Crippen LogP contribution in [0.4, 0.5) is 24.5 Å². The van der Waals surface area contributed by atoms with Gasteiger partial charge in [0.15, 0.2) is 17.5 Å². The number of halogens is 3. The van der Waals surface area contributed by atoms with Gasteiger partial charge in [-0.15, -0.1) is 0 Å². The number of nitrogens with zero attached hydrogens (tertiary/aromatic N) is 1. The van der Waals surface area contributed by atoms with Crippen molar-refractivity contribution in [1.29, 1.82) is 0 Å². The SMILES string of the molecule is CCc1ccccc1NC(=O)CN(C(C)=O)c1ccc(F)c(F)c1F. The fourth-order valence-electron chi connectivity index (χ4n) is 2.37. The van der Waals surface area contributed by atoms with Gasteiger partial charge in [0.25, 0.3) is 0 Å². The minimum Gasteiger partial charge on any atom is -0.324 e. The molecule has 0 aromatic heterocycles. The summed E-state index contributed by atoms with van der Waals surface area (Å²) in [4.78, 5) is 24.8. The summed E-state index contributed by atoms with van der Waals surface area (Å²) in [5, 5.41) is 2.64. The van der Waals surface area contributed by atoms with Crippen LogP contribution in [0.2, 0.25) is 0 Å². The first-order chi connectivity index (χ1) is 11.8. The highest BCUT2D eigenvalue weighted by Crippen LogP contribution is 2.24. The van der Waals surface area contributed by atoms with E-state index in [2.05, 4.69) is 5.32 Å². The summed E-state index contributed by atoms with van der Waals surface area (Å²) >= 11 is 0. The molecule has 1 N–H and O–H groups in total. The van der Waals surface area contributed by atoms with Crippen molar-refractivity contribution in [1.82, 2.24) is 0 Å². The summed E-state index contributed by atoms with van der Waals surface area (Å²) in [5.74, 6) is -5.84. The third kappa shape index (κ3) is 4.17. The number of rotatable bonds is 5. The maximum Gasteiger partial charge on any atom is 0.244 e. The molecule has 4 nitrogen and oxygen atoms in total. The lowest BCUT2D eigenvalue weighted by atomic mass is 10.1. The molecule has 0 radical (unpaired) electrons. The molecule has 0 aliphatic carbocycles. The average Bonchev–Trinajstić information content (AvgIpc) is 2.58. The van der Waals surface area contributed by atoms with E-state index < -0.39 is 41.5 Å².